The number of nitrogens with one attached hydrogen (secondary N) is 1. The van der Waals surface area contributed by atoms with Gasteiger partial charge in [0.15, 0.2) is 6.10 Å². The smallest absolute Gasteiger partial charge is 0.307 e. The Hall–Kier alpha value is -1.93. The van der Waals surface area contributed by atoms with Crippen LogP contribution in [0.2, 0.25) is 0 Å². The average molecular weight is 342 g/mol. The van der Waals surface area contributed by atoms with Crippen LogP contribution in [0, 0.1) is 0 Å². The van der Waals surface area contributed by atoms with E-state index in [9.17, 15) is 18.0 Å². The number of ether oxygens (including phenoxy) is 1. The van der Waals surface area contributed by atoms with E-state index in [0.717, 1.165) is 5.56 Å². The Balaban J connectivity index is 2.56. The van der Waals surface area contributed by atoms with Gasteiger partial charge in [0, 0.05) is 6.54 Å². The maximum absolute atomic E-state index is 12.1. The number of benzene rings is 1. The summed E-state index contributed by atoms with van der Waals surface area (Å²) in [5.41, 5.74) is 6.00. The van der Waals surface area contributed by atoms with Crippen molar-refractivity contribution in [3.63, 3.8) is 0 Å². The molecule has 1 aromatic carbocycles. The molecule has 7 nitrogen and oxygen atoms in total. The Labute approximate surface area is 136 Å². The van der Waals surface area contributed by atoms with Crippen LogP contribution in [0.25, 0.3) is 0 Å². The number of esters is 1. The monoisotopic (exact) mass is 342 g/mol. The molecule has 23 heavy (non-hydrogen) atoms. The molecule has 1 atom stereocenters. The number of carbonyl (C=O) groups excluding carboxylic acids is 2. The van der Waals surface area contributed by atoms with Crippen molar-refractivity contribution in [2.75, 3.05) is 6.54 Å². The molecular weight excluding hydrogens is 320 g/mol. The first-order chi connectivity index (χ1) is 10.6. The van der Waals surface area contributed by atoms with Crippen molar-refractivity contribution >= 4 is 21.9 Å². The minimum absolute atomic E-state index is 0.126. The quantitative estimate of drug-likeness (QED) is 0.681. The standard InChI is InChI=1S/C15H22N2O5S/c1-10(2)12-4-6-13(7-5-12)23(20,21)17-9-8-14(18)22-11(3)15(16)19/h4-7,10-11,17H,8-9H2,1-3H3,(H2,16,19)/t11-/m0/s1. The lowest BCUT2D eigenvalue weighted by atomic mass is 10.0. The van der Waals surface area contributed by atoms with E-state index >= 15 is 0 Å². The van der Waals surface area contributed by atoms with Crippen LogP contribution in [0.3, 0.4) is 0 Å². The molecule has 0 aromatic heterocycles. The van der Waals surface area contributed by atoms with E-state index in [1.807, 2.05) is 13.8 Å². The lowest BCUT2D eigenvalue weighted by Crippen LogP contribution is -2.32. The Morgan fingerprint density at radius 1 is 1.17 bits per heavy atom. The van der Waals surface area contributed by atoms with Gasteiger partial charge in [-0.25, -0.2) is 13.1 Å². The summed E-state index contributed by atoms with van der Waals surface area (Å²) in [6.45, 7) is 5.25. The van der Waals surface area contributed by atoms with Crippen molar-refractivity contribution in [1.29, 1.82) is 0 Å². The first-order valence-electron chi connectivity index (χ1n) is 7.22. The third-order valence-electron chi connectivity index (χ3n) is 3.19. The molecule has 128 valence electrons. The van der Waals surface area contributed by atoms with Gasteiger partial charge >= 0.3 is 5.97 Å². The highest BCUT2D eigenvalue weighted by atomic mass is 32.2. The van der Waals surface area contributed by atoms with Crippen LogP contribution >= 0.6 is 0 Å². The number of rotatable bonds is 8. The van der Waals surface area contributed by atoms with Crippen molar-refractivity contribution in [3.8, 4) is 0 Å². The molecule has 0 unspecified atom stereocenters. The minimum Gasteiger partial charge on any atom is -0.453 e. The third kappa shape index (κ3) is 5.99. The molecule has 1 amide bonds. The Morgan fingerprint density at radius 3 is 2.22 bits per heavy atom. The molecular formula is C15H22N2O5S. The Bertz CT molecular complexity index is 653. The molecule has 0 bridgehead atoms. The first kappa shape index (κ1) is 19.1. The van der Waals surface area contributed by atoms with Gasteiger partial charge in [-0.2, -0.15) is 0 Å². The SMILES string of the molecule is CC(C)c1ccc(S(=O)(=O)NCCC(=O)O[C@@H](C)C(N)=O)cc1. The van der Waals surface area contributed by atoms with Gasteiger partial charge < -0.3 is 10.5 Å². The van der Waals surface area contributed by atoms with Crippen molar-refractivity contribution in [3.05, 3.63) is 29.8 Å². The maximum atomic E-state index is 12.1. The maximum Gasteiger partial charge on any atom is 0.307 e. The highest BCUT2D eigenvalue weighted by molar-refractivity contribution is 7.89. The number of nitrogens with two attached hydrogens (primary N) is 1. The van der Waals surface area contributed by atoms with Gasteiger partial charge in [0.1, 0.15) is 0 Å². The van der Waals surface area contributed by atoms with E-state index in [1.54, 1.807) is 12.1 Å². The topological polar surface area (TPSA) is 116 Å². The number of amides is 1. The van der Waals surface area contributed by atoms with Crippen molar-refractivity contribution in [2.24, 2.45) is 5.73 Å². The average Bonchev–Trinajstić information content (AvgIpc) is 2.46. The van der Waals surface area contributed by atoms with Gasteiger partial charge in [0.05, 0.1) is 11.3 Å². The van der Waals surface area contributed by atoms with Crippen molar-refractivity contribution in [2.45, 2.75) is 44.1 Å². The van der Waals surface area contributed by atoms with E-state index in [2.05, 4.69) is 4.72 Å². The molecule has 3 N–H and O–H groups in total. The molecule has 0 aliphatic rings. The summed E-state index contributed by atoms with van der Waals surface area (Å²) in [7, 11) is -3.69. The molecule has 0 heterocycles. The summed E-state index contributed by atoms with van der Waals surface area (Å²) in [5, 5.41) is 0. The fourth-order valence-corrected chi connectivity index (χ4v) is 2.75. The normalized spacial score (nSPS) is 12.9. The van der Waals surface area contributed by atoms with Crippen LogP contribution in [-0.4, -0.2) is 32.9 Å². The van der Waals surface area contributed by atoms with Gasteiger partial charge in [-0.05, 0) is 30.5 Å². The number of sulfonamides is 1. The minimum atomic E-state index is -3.69. The third-order valence-corrected chi connectivity index (χ3v) is 4.66. The highest BCUT2D eigenvalue weighted by Gasteiger charge is 2.17. The van der Waals surface area contributed by atoms with Gasteiger partial charge in [-0.15, -0.1) is 0 Å². The van der Waals surface area contributed by atoms with E-state index in [-0.39, 0.29) is 17.9 Å². The molecule has 0 saturated heterocycles. The second-order valence-corrected chi connectivity index (χ2v) is 7.17. The second-order valence-electron chi connectivity index (χ2n) is 5.41. The number of hydrogen-bond donors (Lipinski definition) is 2. The van der Waals surface area contributed by atoms with Crippen LogP contribution < -0.4 is 10.5 Å². The molecule has 0 aliphatic heterocycles. The largest absolute Gasteiger partial charge is 0.453 e. The van der Waals surface area contributed by atoms with E-state index < -0.39 is 28.0 Å². The van der Waals surface area contributed by atoms with Gasteiger partial charge in [0.2, 0.25) is 10.0 Å². The molecule has 0 radical (unpaired) electrons. The fourth-order valence-electron chi connectivity index (χ4n) is 1.72. The number of carbonyl (C=O) groups is 2. The van der Waals surface area contributed by atoms with Crippen LogP contribution in [0.4, 0.5) is 0 Å². The summed E-state index contributed by atoms with van der Waals surface area (Å²) in [5.74, 6) is -1.15. The molecule has 8 heteroatoms. The lowest BCUT2D eigenvalue weighted by Gasteiger charge is -2.11. The second kappa shape index (κ2) is 8.07. The Kier molecular flexibility index (Phi) is 6.71. The first-order valence-corrected chi connectivity index (χ1v) is 8.70. The molecule has 0 fully saturated rings. The highest BCUT2D eigenvalue weighted by Crippen LogP contribution is 2.17. The van der Waals surface area contributed by atoms with Gasteiger partial charge in [0.25, 0.3) is 5.91 Å². The van der Waals surface area contributed by atoms with Crippen LogP contribution in [0.1, 0.15) is 38.7 Å². The van der Waals surface area contributed by atoms with Crippen molar-refractivity contribution < 1.29 is 22.7 Å². The van der Waals surface area contributed by atoms with Crippen LogP contribution in [-0.2, 0) is 24.3 Å². The predicted octanol–water partition coefficient (Wildman–Crippen LogP) is 0.895. The van der Waals surface area contributed by atoms with Crippen LogP contribution in [0.15, 0.2) is 29.2 Å². The lowest BCUT2D eigenvalue weighted by molar-refractivity contribution is -0.153. The van der Waals surface area contributed by atoms with Crippen molar-refractivity contribution in [1.82, 2.24) is 4.72 Å². The zero-order chi connectivity index (χ0) is 17.6. The Morgan fingerprint density at radius 2 is 1.74 bits per heavy atom. The van der Waals surface area contributed by atoms with Gasteiger partial charge in [-0.3, -0.25) is 9.59 Å². The summed E-state index contributed by atoms with van der Waals surface area (Å²) in [6, 6.07) is 6.54. The fraction of sp³-hybridized carbons (Fsp3) is 0.467. The molecule has 1 aromatic rings. The summed E-state index contributed by atoms with van der Waals surface area (Å²) >= 11 is 0. The molecule has 0 saturated carbocycles. The molecule has 0 aliphatic carbocycles. The van der Waals surface area contributed by atoms with E-state index in [0.29, 0.717) is 5.92 Å². The zero-order valence-electron chi connectivity index (χ0n) is 13.4. The molecule has 0 spiro atoms. The number of hydrogen-bond acceptors (Lipinski definition) is 5. The predicted molar refractivity (Wildman–Crippen MR) is 85.1 cm³/mol. The van der Waals surface area contributed by atoms with Gasteiger partial charge in [-0.1, -0.05) is 26.0 Å². The summed E-state index contributed by atoms with van der Waals surface area (Å²) in [4.78, 5) is 22.3. The number of primary amides is 1. The van der Waals surface area contributed by atoms with E-state index in [4.69, 9.17) is 10.5 Å². The molecule has 1 rings (SSSR count). The van der Waals surface area contributed by atoms with E-state index in [1.165, 1.54) is 19.1 Å². The summed E-state index contributed by atoms with van der Waals surface area (Å²) < 4.78 is 31.2. The zero-order valence-corrected chi connectivity index (χ0v) is 14.2. The summed E-state index contributed by atoms with van der Waals surface area (Å²) in [6.07, 6.45) is -1.23. The van der Waals surface area contributed by atoms with Crippen LogP contribution in [0.5, 0.6) is 0 Å².